The van der Waals surface area contributed by atoms with Crippen LogP contribution in [0.1, 0.15) is 50.4 Å². The fraction of sp³-hybridized carbons (Fsp3) is 0.556. The predicted molar refractivity (Wildman–Crippen MR) is 106 cm³/mol. The van der Waals surface area contributed by atoms with E-state index in [1.54, 1.807) is 22.8 Å². The molecule has 3 heterocycles. The zero-order valence-electron chi connectivity index (χ0n) is 15.9. The van der Waals surface area contributed by atoms with Crippen LogP contribution < -0.4 is 5.32 Å². The molecular weight excluding hydrogens is 376 g/mol. The van der Waals surface area contributed by atoms with Crippen LogP contribution in [0.3, 0.4) is 0 Å². The van der Waals surface area contributed by atoms with Gasteiger partial charge in [-0.3, -0.25) is 9.20 Å². The lowest BCUT2D eigenvalue weighted by molar-refractivity contribution is -0.133. The minimum Gasteiger partial charge on any atom is -0.344 e. The van der Waals surface area contributed by atoms with Crippen molar-refractivity contribution in [2.24, 2.45) is 0 Å². The highest BCUT2D eigenvalue weighted by molar-refractivity contribution is 7.98. The Morgan fingerprint density at radius 1 is 1.29 bits per heavy atom. The lowest BCUT2D eigenvalue weighted by Crippen LogP contribution is -2.51. The average Bonchev–Trinajstić information content (AvgIpc) is 3.42. The second-order valence-corrected chi connectivity index (χ2v) is 8.13. The summed E-state index contributed by atoms with van der Waals surface area (Å²) in [6, 6.07) is 5.55. The van der Waals surface area contributed by atoms with Crippen LogP contribution in [-0.4, -0.2) is 52.7 Å². The van der Waals surface area contributed by atoms with Crippen molar-refractivity contribution in [3.8, 4) is 0 Å². The molecule has 3 aromatic rings. The highest BCUT2D eigenvalue weighted by Crippen LogP contribution is 2.35. The Balaban J connectivity index is 1.65. The van der Waals surface area contributed by atoms with Crippen LogP contribution in [0.5, 0.6) is 0 Å². The Morgan fingerprint density at radius 3 is 2.89 bits per heavy atom. The standard InChI is InChI=1S/C18H24N8OS/c1-28-12-8-14(16-22-21-15-7-3-6-11-25(15)16)20-17(27)18(9-4-2-5-10-18)26-13-19-23-24-26/h3,6-7,11,13-14H,2,4-5,8-10,12H2,1H3,(H,20,27). The average molecular weight is 401 g/mol. The van der Waals surface area contributed by atoms with Gasteiger partial charge in [0.05, 0.1) is 6.04 Å². The molecule has 1 fully saturated rings. The summed E-state index contributed by atoms with van der Waals surface area (Å²) in [5, 5.41) is 23.5. The van der Waals surface area contributed by atoms with Crippen LogP contribution in [0.15, 0.2) is 30.7 Å². The molecular formula is C18H24N8OS. The van der Waals surface area contributed by atoms with Crippen LogP contribution in [0.25, 0.3) is 5.65 Å². The van der Waals surface area contributed by atoms with E-state index in [-0.39, 0.29) is 11.9 Å². The van der Waals surface area contributed by atoms with Gasteiger partial charge in [-0.1, -0.05) is 25.3 Å². The van der Waals surface area contributed by atoms with Crippen LogP contribution in [0.4, 0.5) is 0 Å². The molecule has 0 bridgehead atoms. The van der Waals surface area contributed by atoms with E-state index < -0.39 is 5.54 Å². The minimum atomic E-state index is -0.736. The quantitative estimate of drug-likeness (QED) is 0.647. The van der Waals surface area contributed by atoms with Gasteiger partial charge in [-0.2, -0.15) is 11.8 Å². The molecule has 1 aliphatic rings. The SMILES string of the molecule is CSCCC(NC(=O)C1(n2cnnn2)CCCCC1)c1nnc2ccccn12. The number of hydrogen-bond acceptors (Lipinski definition) is 7. The zero-order chi connectivity index (χ0) is 19.4. The summed E-state index contributed by atoms with van der Waals surface area (Å²) in [7, 11) is 0. The molecule has 0 aliphatic heterocycles. The van der Waals surface area contributed by atoms with Gasteiger partial charge >= 0.3 is 0 Å². The van der Waals surface area contributed by atoms with E-state index in [0.29, 0.717) is 0 Å². The van der Waals surface area contributed by atoms with Gasteiger partial charge in [0, 0.05) is 6.20 Å². The van der Waals surface area contributed by atoms with Gasteiger partial charge in [0.25, 0.3) is 0 Å². The van der Waals surface area contributed by atoms with Crippen molar-refractivity contribution in [1.82, 2.24) is 40.1 Å². The Morgan fingerprint density at radius 2 is 2.14 bits per heavy atom. The second-order valence-electron chi connectivity index (χ2n) is 7.14. The zero-order valence-corrected chi connectivity index (χ0v) is 16.7. The third-order valence-electron chi connectivity index (χ3n) is 5.46. The summed E-state index contributed by atoms with van der Waals surface area (Å²) >= 11 is 1.75. The summed E-state index contributed by atoms with van der Waals surface area (Å²) in [5.41, 5.74) is 0.0357. The van der Waals surface area contributed by atoms with Gasteiger partial charge in [0.2, 0.25) is 5.91 Å². The van der Waals surface area contributed by atoms with Crippen LogP contribution >= 0.6 is 11.8 Å². The van der Waals surface area contributed by atoms with Gasteiger partial charge in [0.15, 0.2) is 11.5 Å². The van der Waals surface area contributed by atoms with E-state index in [9.17, 15) is 4.79 Å². The van der Waals surface area contributed by atoms with E-state index in [1.807, 2.05) is 28.8 Å². The maximum absolute atomic E-state index is 13.5. The van der Waals surface area contributed by atoms with Gasteiger partial charge in [0.1, 0.15) is 11.9 Å². The molecule has 1 aliphatic carbocycles. The highest BCUT2D eigenvalue weighted by Gasteiger charge is 2.43. The Hall–Kier alpha value is -2.49. The van der Waals surface area contributed by atoms with Crippen molar-refractivity contribution in [3.05, 3.63) is 36.5 Å². The predicted octanol–water partition coefficient (Wildman–Crippen LogP) is 1.99. The molecule has 3 aromatic heterocycles. The topological polar surface area (TPSA) is 103 Å². The molecule has 9 nitrogen and oxygen atoms in total. The number of tetrazole rings is 1. The largest absolute Gasteiger partial charge is 0.344 e. The van der Waals surface area contributed by atoms with Crippen molar-refractivity contribution >= 4 is 23.3 Å². The summed E-state index contributed by atoms with van der Waals surface area (Å²) in [4.78, 5) is 13.5. The van der Waals surface area contributed by atoms with Crippen LogP contribution in [0.2, 0.25) is 0 Å². The normalized spacial score (nSPS) is 17.5. The molecule has 0 radical (unpaired) electrons. The minimum absolute atomic E-state index is 0.0433. The maximum atomic E-state index is 13.5. The van der Waals surface area contributed by atoms with E-state index >= 15 is 0 Å². The number of amides is 1. The molecule has 0 aromatic carbocycles. The van der Waals surface area contributed by atoms with Crippen LogP contribution in [0, 0.1) is 0 Å². The second kappa shape index (κ2) is 8.26. The van der Waals surface area contributed by atoms with Gasteiger partial charge in [-0.15, -0.1) is 15.3 Å². The van der Waals surface area contributed by atoms with Gasteiger partial charge in [-0.05, 0) is 53.8 Å². The fourth-order valence-electron chi connectivity index (χ4n) is 3.95. The summed E-state index contributed by atoms with van der Waals surface area (Å²) in [5.74, 6) is 1.61. The summed E-state index contributed by atoms with van der Waals surface area (Å²) in [6.45, 7) is 0. The number of hydrogen-bond donors (Lipinski definition) is 1. The van der Waals surface area contributed by atoms with E-state index in [4.69, 9.17) is 0 Å². The molecule has 1 N–H and O–H groups in total. The molecule has 4 rings (SSSR count). The number of nitrogens with one attached hydrogen (secondary N) is 1. The fourth-order valence-corrected chi connectivity index (χ4v) is 4.42. The number of nitrogens with zero attached hydrogens (tertiary/aromatic N) is 7. The van der Waals surface area contributed by atoms with Crippen molar-refractivity contribution in [3.63, 3.8) is 0 Å². The highest BCUT2D eigenvalue weighted by atomic mass is 32.2. The smallest absolute Gasteiger partial charge is 0.248 e. The Bertz CT molecular complexity index is 919. The third kappa shape index (κ3) is 3.48. The number of carbonyl (C=O) groups is 1. The van der Waals surface area contributed by atoms with Gasteiger partial charge in [-0.25, -0.2) is 4.68 Å². The lowest BCUT2D eigenvalue weighted by Gasteiger charge is -2.36. The Labute approximate surface area is 167 Å². The lowest BCUT2D eigenvalue weighted by atomic mass is 9.80. The van der Waals surface area contributed by atoms with Crippen LogP contribution in [-0.2, 0) is 10.3 Å². The molecule has 28 heavy (non-hydrogen) atoms. The van der Waals surface area contributed by atoms with Crippen molar-refractivity contribution in [2.45, 2.75) is 50.1 Å². The molecule has 1 amide bonds. The number of rotatable bonds is 7. The molecule has 0 saturated heterocycles. The molecule has 1 atom stereocenters. The van der Waals surface area contributed by atoms with Gasteiger partial charge < -0.3 is 5.32 Å². The number of fused-ring (bicyclic) bond motifs is 1. The molecule has 1 unspecified atom stereocenters. The first-order chi connectivity index (χ1) is 13.7. The number of thioether (sulfide) groups is 1. The molecule has 148 valence electrons. The number of carbonyl (C=O) groups excluding carboxylic acids is 1. The molecule has 1 saturated carbocycles. The first-order valence-corrected chi connectivity index (χ1v) is 11.0. The monoisotopic (exact) mass is 400 g/mol. The van der Waals surface area contributed by atoms with E-state index in [2.05, 4.69) is 37.3 Å². The first kappa shape index (κ1) is 18.9. The van der Waals surface area contributed by atoms with E-state index in [0.717, 1.165) is 55.7 Å². The summed E-state index contributed by atoms with van der Waals surface area (Å²) in [6.07, 6.45) is 10.9. The van der Waals surface area contributed by atoms with Crippen molar-refractivity contribution < 1.29 is 4.79 Å². The summed E-state index contributed by atoms with van der Waals surface area (Å²) < 4.78 is 3.57. The van der Waals surface area contributed by atoms with E-state index in [1.165, 1.54) is 0 Å². The van der Waals surface area contributed by atoms with Crippen molar-refractivity contribution in [1.29, 1.82) is 0 Å². The first-order valence-electron chi connectivity index (χ1n) is 9.58. The number of pyridine rings is 1. The van der Waals surface area contributed by atoms with Crippen molar-refractivity contribution in [2.75, 3.05) is 12.0 Å². The Kier molecular flexibility index (Phi) is 5.56. The maximum Gasteiger partial charge on any atom is 0.248 e. The number of aromatic nitrogens is 7. The molecule has 10 heteroatoms. The third-order valence-corrected chi connectivity index (χ3v) is 6.10. The molecule has 0 spiro atoms.